The maximum Gasteiger partial charge on any atom is 0.254 e. The van der Waals surface area contributed by atoms with Gasteiger partial charge < -0.3 is 9.64 Å². The third-order valence-electron chi connectivity index (χ3n) is 3.90. The van der Waals surface area contributed by atoms with Gasteiger partial charge in [-0.1, -0.05) is 0 Å². The van der Waals surface area contributed by atoms with E-state index in [0.717, 1.165) is 24.2 Å². The van der Waals surface area contributed by atoms with E-state index in [2.05, 4.69) is 13.8 Å². The topological polar surface area (TPSA) is 29.5 Å². The third kappa shape index (κ3) is 3.33. The van der Waals surface area contributed by atoms with E-state index < -0.39 is 0 Å². The zero-order chi connectivity index (χ0) is 14.7. The summed E-state index contributed by atoms with van der Waals surface area (Å²) in [5, 5.41) is 0. The summed E-state index contributed by atoms with van der Waals surface area (Å²) in [6, 6.07) is 8.16. The molecular weight excluding hydrogens is 250 g/mol. The van der Waals surface area contributed by atoms with Crippen LogP contribution in [-0.4, -0.2) is 29.0 Å². The summed E-state index contributed by atoms with van der Waals surface area (Å²) in [5.41, 5.74) is 0.752. The van der Waals surface area contributed by atoms with Gasteiger partial charge in [-0.2, -0.15) is 0 Å². The molecule has 0 N–H and O–H groups in total. The number of rotatable bonds is 3. The van der Waals surface area contributed by atoms with E-state index in [4.69, 9.17) is 4.74 Å². The molecule has 0 spiro atoms. The molecule has 1 aromatic carbocycles. The van der Waals surface area contributed by atoms with Gasteiger partial charge in [-0.25, -0.2) is 0 Å². The zero-order valence-electron chi connectivity index (χ0n) is 12.9. The Morgan fingerprint density at radius 2 is 1.70 bits per heavy atom. The summed E-state index contributed by atoms with van der Waals surface area (Å²) < 4.78 is 5.61. The van der Waals surface area contributed by atoms with Crippen LogP contribution in [0.3, 0.4) is 0 Å². The number of carbonyl (C=O) groups is 1. The number of likely N-dealkylation sites (tertiary alicyclic amines) is 1. The number of benzene rings is 1. The molecule has 1 amide bonds. The number of piperidine rings is 1. The van der Waals surface area contributed by atoms with Gasteiger partial charge in [0.1, 0.15) is 5.75 Å². The lowest BCUT2D eigenvalue weighted by atomic mass is 9.96. The van der Waals surface area contributed by atoms with E-state index in [-0.39, 0.29) is 12.0 Å². The monoisotopic (exact) mass is 275 g/mol. The Balaban J connectivity index is 2.12. The van der Waals surface area contributed by atoms with Gasteiger partial charge in [-0.15, -0.1) is 0 Å². The van der Waals surface area contributed by atoms with Crippen LogP contribution in [0.25, 0.3) is 0 Å². The molecule has 3 nitrogen and oxygen atoms in total. The van der Waals surface area contributed by atoms with Gasteiger partial charge in [0.2, 0.25) is 0 Å². The van der Waals surface area contributed by atoms with Crippen molar-refractivity contribution in [1.29, 1.82) is 0 Å². The summed E-state index contributed by atoms with van der Waals surface area (Å²) in [5.74, 6) is 0.956. The van der Waals surface area contributed by atoms with E-state index in [1.54, 1.807) is 0 Å². The molecule has 20 heavy (non-hydrogen) atoms. The highest BCUT2D eigenvalue weighted by Crippen LogP contribution is 2.25. The second-order valence-corrected chi connectivity index (χ2v) is 6.03. The predicted molar refractivity (Wildman–Crippen MR) is 81.2 cm³/mol. The molecule has 0 radical (unpaired) electrons. The molecule has 2 atom stereocenters. The van der Waals surface area contributed by atoms with E-state index >= 15 is 0 Å². The van der Waals surface area contributed by atoms with Crippen LogP contribution in [0.15, 0.2) is 24.3 Å². The average molecular weight is 275 g/mol. The first-order valence-electron chi connectivity index (χ1n) is 7.58. The van der Waals surface area contributed by atoms with Gasteiger partial charge in [0.05, 0.1) is 6.10 Å². The van der Waals surface area contributed by atoms with Crippen LogP contribution in [0.5, 0.6) is 5.75 Å². The number of ether oxygens (including phenoxy) is 1. The Bertz CT molecular complexity index is 443. The molecule has 0 bridgehead atoms. The van der Waals surface area contributed by atoms with Gasteiger partial charge >= 0.3 is 0 Å². The second kappa shape index (κ2) is 6.29. The molecule has 0 saturated carbocycles. The standard InChI is InChI=1S/C17H25NO2/c1-12(2)20-16-10-8-15(9-11-16)17(19)18-13(3)6-5-7-14(18)4/h8-14H,5-7H2,1-4H3. The molecule has 2 rings (SSSR count). The molecule has 1 heterocycles. The third-order valence-corrected chi connectivity index (χ3v) is 3.90. The lowest BCUT2D eigenvalue weighted by Gasteiger charge is -2.39. The van der Waals surface area contributed by atoms with E-state index in [0.29, 0.717) is 12.1 Å². The summed E-state index contributed by atoms with van der Waals surface area (Å²) >= 11 is 0. The molecule has 3 heteroatoms. The fourth-order valence-electron chi connectivity index (χ4n) is 2.92. The van der Waals surface area contributed by atoms with Crippen molar-refractivity contribution in [2.45, 2.75) is 65.1 Å². The molecule has 0 aliphatic carbocycles. The van der Waals surface area contributed by atoms with Crippen LogP contribution < -0.4 is 4.74 Å². The van der Waals surface area contributed by atoms with Crippen LogP contribution in [0.2, 0.25) is 0 Å². The minimum atomic E-state index is 0.140. The summed E-state index contributed by atoms with van der Waals surface area (Å²) in [6.07, 6.45) is 3.57. The summed E-state index contributed by atoms with van der Waals surface area (Å²) in [6.45, 7) is 8.28. The van der Waals surface area contributed by atoms with Crippen LogP contribution in [-0.2, 0) is 0 Å². The van der Waals surface area contributed by atoms with Crippen LogP contribution in [0.1, 0.15) is 57.3 Å². The second-order valence-electron chi connectivity index (χ2n) is 6.03. The maximum atomic E-state index is 12.6. The van der Waals surface area contributed by atoms with Gasteiger partial charge in [0, 0.05) is 17.6 Å². The van der Waals surface area contributed by atoms with Crippen LogP contribution >= 0.6 is 0 Å². The van der Waals surface area contributed by atoms with Crippen molar-refractivity contribution in [2.75, 3.05) is 0 Å². The van der Waals surface area contributed by atoms with Gasteiger partial charge in [-0.3, -0.25) is 4.79 Å². The highest BCUT2D eigenvalue weighted by Gasteiger charge is 2.29. The maximum absolute atomic E-state index is 12.6. The SMILES string of the molecule is CC(C)Oc1ccc(C(=O)N2C(C)CCCC2C)cc1. The van der Waals surface area contributed by atoms with Crippen LogP contribution in [0, 0.1) is 0 Å². The van der Waals surface area contributed by atoms with E-state index in [9.17, 15) is 4.79 Å². The smallest absolute Gasteiger partial charge is 0.254 e. The van der Waals surface area contributed by atoms with Gasteiger partial charge in [0.25, 0.3) is 5.91 Å². The lowest BCUT2D eigenvalue weighted by Crippen LogP contribution is -2.47. The fraction of sp³-hybridized carbons (Fsp3) is 0.588. The number of hydrogen-bond donors (Lipinski definition) is 0. The molecule has 1 aliphatic rings. The highest BCUT2D eigenvalue weighted by molar-refractivity contribution is 5.94. The zero-order valence-corrected chi connectivity index (χ0v) is 12.9. The molecule has 1 aliphatic heterocycles. The lowest BCUT2D eigenvalue weighted by molar-refractivity contribution is 0.0511. The normalized spacial score (nSPS) is 22.9. The Labute approximate surface area is 121 Å². The number of amides is 1. The highest BCUT2D eigenvalue weighted by atomic mass is 16.5. The molecular formula is C17H25NO2. The van der Waals surface area contributed by atoms with Crippen molar-refractivity contribution < 1.29 is 9.53 Å². The van der Waals surface area contributed by atoms with Crippen molar-refractivity contribution in [2.24, 2.45) is 0 Å². The molecule has 1 saturated heterocycles. The summed E-state index contributed by atoms with van der Waals surface area (Å²) in [7, 11) is 0. The molecule has 1 fully saturated rings. The predicted octanol–water partition coefficient (Wildman–Crippen LogP) is 3.88. The number of nitrogens with zero attached hydrogens (tertiary/aromatic N) is 1. The van der Waals surface area contributed by atoms with Crippen molar-refractivity contribution in [3.05, 3.63) is 29.8 Å². The minimum Gasteiger partial charge on any atom is -0.491 e. The van der Waals surface area contributed by atoms with Crippen LogP contribution in [0.4, 0.5) is 0 Å². The van der Waals surface area contributed by atoms with Crippen molar-refractivity contribution in [3.8, 4) is 5.75 Å². The molecule has 0 aromatic heterocycles. The number of hydrogen-bond acceptors (Lipinski definition) is 2. The Morgan fingerprint density at radius 1 is 1.15 bits per heavy atom. The molecule has 1 aromatic rings. The number of carbonyl (C=O) groups excluding carboxylic acids is 1. The van der Waals surface area contributed by atoms with E-state index in [1.807, 2.05) is 43.0 Å². The van der Waals surface area contributed by atoms with Crippen molar-refractivity contribution in [3.63, 3.8) is 0 Å². The average Bonchev–Trinajstić information content (AvgIpc) is 2.38. The molecule has 110 valence electrons. The Hall–Kier alpha value is -1.51. The van der Waals surface area contributed by atoms with Crippen molar-refractivity contribution >= 4 is 5.91 Å². The van der Waals surface area contributed by atoms with Crippen molar-refractivity contribution in [1.82, 2.24) is 4.90 Å². The first-order chi connectivity index (χ1) is 9.49. The fourth-order valence-corrected chi connectivity index (χ4v) is 2.92. The molecule has 2 unspecified atom stereocenters. The largest absolute Gasteiger partial charge is 0.491 e. The first-order valence-corrected chi connectivity index (χ1v) is 7.58. The Morgan fingerprint density at radius 3 is 2.20 bits per heavy atom. The van der Waals surface area contributed by atoms with Gasteiger partial charge in [0.15, 0.2) is 0 Å². The first kappa shape index (κ1) is 14.9. The minimum absolute atomic E-state index is 0.140. The summed E-state index contributed by atoms with van der Waals surface area (Å²) in [4.78, 5) is 14.7. The Kier molecular flexibility index (Phi) is 4.69. The quantitative estimate of drug-likeness (QED) is 0.838. The van der Waals surface area contributed by atoms with Gasteiger partial charge in [-0.05, 0) is 71.2 Å². The van der Waals surface area contributed by atoms with E-state index in [1.165, 1.54) is 6.42 Å².